The standard InChI is InChI=1S/C23H28N4O6S/c1-5-33-23(29)21-18(13-34-15(3)25-11-7-10-24)26-14(2)19(22(28)32-4)20(21)16-8-6-9-17(12-16)27(30)31/h6,8-9,12,15,20,25-26H,5,7,11,13H2,1-4H3. The molecular weight excluding hydrogens is 460 g/mol. The minimum absolute atomic E-state index is 0.0198. The molecule has 2 rings (SSSR count). The minimum atomic E-state index is -0.912. The summed E-state index contributed by atoms with van der Waals surface area (Å²) in [5, 5.41) is 26.5. The lowest BCUT2D eigenvalue weighted by Gasteiger charge is -2.31. The molecule has 0 amide bonds. The molecule has 182 valence electrons. The molecule has 1 aromatic rings. The third-order valence-electron chi connectivity index (χ3n) is 5.11. The first-order valence-electron chi connectivity index (χ1n) is 10.7. The van der Waals surface area contributed by atoms with Crippen molar-refractivity contribution in [3.05, 3.63) is 62.5 Å². The highest BCUT2D eigenvalue weighted by molar-refractivity contribution is 8.00. The predicted octanol–water partition coefficient (Wildman–Crippen LogP) is 3.13. The van der Waals surface area contributed by atoms with Gasteiger partial charge in [-0.15, -0.1) is 11.8 Å². The van der Waals surface area contributed by atoms with Crippen LogP contribution in [0.3, 0.4) is 0 Å². The van der Waals surface area contributed by atoms with Gasteiger partial charge >= 0.3 is 11.9 Å². The molecule has 0 bridgehead atoms. The van der Waals surface area contributed by atoms with Crippen molar-refractivity contribution in [1.82, 2.24) is 10.6 Å². The van der Waals surface area contributed by atoms with Crippen LogP contribution in [0.5, 0.6) is 0 Å². The van der Waals surface area contributed by atoms with Gasteiger partial charge in [-0.1, -0.05) is 12.1 Å². The summed E-state index contributed by atoms with van der Waals surface area (Å²) >= 11 is 1.50. The number of nitriles is 1. The van der Waals surface area contributed by atoms with Gasteiger partial charge in [0.1, 0.15) is 0 Å². The van der Waals surface area contributed by atoms with Crippen LogP contribution in [0, 0.1) is 21.4 Å². The number of dihydropyridines is 1. The number of hydrogen-bond acceptors (Lipinski definition) is 10. The average molecular weight is 489 g/mol. The highest BCUT2D eigenvalue weighted by Crippen LogP contribution is 2.41. The Bertz CT molecular complexity index is 1050. The quantitative estimate of drug-likeness (QED) is 0.157. The first kappa shape index (κ1) is 26.9. The van der Waals surface area contributed by atoms with Gasteiger partial charge in [-0.25, -0.2) is 9.59 Å². The van der Waals surface area contributed by atoms with Gasteiger partial charge in [0.05, 0.1) is 47.1 Å². The number of carbonyl (C=O) groups excluding carboxylic acids is 2. The number of nitrogens with one attached hydrogen (secondary N) is 2. The average Bonchev–Trinajstić information content (AvgIpc) is 2.82. The number of thioether (sulfide) groups is 1. The van der Waals surface area contributed by atoms with Crippen molar-refractivity contribution >= 4 is 29.4 Å². The molecule has 0 saturated heterocycles. The third-order valence-corrected chi connectivity index (χ3v) is 6.23. The summed E-state index contributed by atoms with van der Waals surface area (Å²) in [5.74, 6) is -1.82. The smallest absolute Gasteiger partial charge is 0.336 e. The highest BCUT2D eigenvalue weighted by atomic mass is 32.2. The number of methoxy groups -OCH3 is 1. The maximum atomic E-state index is 13.1. The largest absolute Gasteiger partial charge is 0.466 e. The number of nitrogens with zero attached hydrogens (tertiary/aromatic N) is 2. The summed E-state index contributed by atoms with van der Waals surface area (Å²) in [6.45, 7) is 5.96. The van der Waals surface area contributed by atoms with E-state index in [1.165, 1.54) is 37.1 Å². The molecule has 1 aliphatic heterocycles. The minimum Gasteiger partial charge on any atom is -0.466 e. The van der Waals surface area contributed by atoms with Crippen molar-refractivity contribution in [2.24, 2.45) is 0 Å². The summed E-state index contributed by atoms with van der Waals surface area (Å²) in [5.41, 5.74) is 1.65. The summed E-state index contributed by atoms with van der Waals surface area (Å²) in [4.78, 5) is 36.8. The van der Waals surface area contributed by atoms with E-state index >= 15 is 0 Å². The van der Waals surface area contributed by atoms with Crippen LogP contribution in [0.1, 0.15) is 38.7 Å². The Balaban J connectivity index is 2.58. The molecule has 2 unspecified atom stereocenters. The number of carbonyl (C=O) groups is 2. The number of hydrogen-bond donors (Lipinski definition) is 2. The number of nitro benzene ring substituents is 1. The van der Waals surface area contributed by atoms with Gasteiger partial charge in [-0.3, -0.25) is 10.1 Å². The second-order valence-electron chi connectivity index (χ2n) is 7.37. The summed E-state index contributed by atoms with van der Waals surface area (Å²) in [6.07, 6.45) is 0.374. The SMILES string of the molecule is CCOC(=O)C1=C(CSC(C)NCCC#N)NC(C)=C(C(=O)OC)C1c1cccc([N+](=O)[O-])c1. The predicted molar refractivity (Wildman–Crippen MR) is 128 cm³/mol. The molecule has 0 radical (unpaired) electrons. The molecule has 0 fully saturated rings. The van der Waals surface area contributed by atoms with Crippen molar-refractivity contribution in [2.45, 2.75) is 38.5 Å². The fourth-order valence-electron chi connectivity index (χ4n) is 3.59. The van der Waals surface area contributed by atoms with Crippen LogP contribution in [0.2, 0.25) is 0 Å². The van der Waals surface area contributed by atoms with Crippen molar-refractivity contribution in [2.75, 3.05) is 26.0 Å². The lowest BCUT2D eigenvalue weighted by molar-refractivity contribution is -0.384. The number of rotatable bonds is 11. The molecule has 34 heavy (non-hydrogen) atoms. The topological polar surface area (TPSA) is 144 Å². The highest BCUT2D eigenvalue weighted by Gasteiger charge is 2.39. The van der Waals surface area contributed by atoms with Gasteiger partial charge in [0.2, 0.25) is 0 Å². The van der Waals surface area contributed by atoms with E-state index in [0.717, 1.165) is 0 Å². The Morgan fingerprint density at radius 3 is 2.71 bits per heavy atom. The Kier molecular flexibility index (Phi) is 10.1. The van der Waals surface area contributed by atoms with E-state index in [1.54, 1.807) is 19.9 Å². The summed E-state index contributed by atoms with van der Waals surface area (Å²) in [7, 11) is 1.24. The Labute approximate surface area is 202 Å². The lowest BCUT2D eigenvalue weighted by atomic mass is 9.80. The molecular formula is C23H28N4O6S. The molecule has 1 heterocycles. The second kappa shape index (κ2) is 12.8. The van der Waals surface area contributed by atoms with Crippen LogP contribution in [0.4, 0.5) is 5.69 Å². The fraction of sp³-hybridized carbons (Fsp3) is 0.435. The molecule has 2 atom stereocenters. The maximum absolute atomic E-state index is 13.1. The molecule has 0 aromatic heterocycles. The second-order valence-corrected chi connectivity index (χ2v) is 8.70. The van der Waals surface area contributed by atoms with Crippen LogP contribution in [-0.4, -0.2) is 48.3 Å². The first-order chi connectivity index (χ1) is 16.2. The van der Waals surface area contributed by atoms with Crippen LogP contribution >= 0.6 is 11.8 Å². The third kappa shape index (κ3) is 6.59. The first-order valence-corrected chi connectivity index (χ1v) is 11.7. The summed E-state index contributed by atoms with van der Waals surface area (Å²) in [6, 6.07) is 7.92. The van der Waals surface area contributed by atoms with Crippen molar-refractivity contribution in [3.8, 4) is 6.07 Å². The molecule has 11 heteroatoms. The monoisotopic (exact) mass is 488 g/mol. The summed E-state index contributed by atoms with van der Waals surface area (Å²) < 4.78 is 10.3. The molecule has 2 N–H and O–H groups in total. The van der Waals surface area contributed by atoms with E-state index in [1.807, 2.05) is 6.92 Å². The number of non-ortho nitro benzene ring substituents is 1. The van der Waals surface area contributed by atoms with Crippen LogP contribution in [0.25, 0.3) is 0 Å². The fourth-order valence-corrected chi connectivity index (χ4v) is 4.47. The van der Waals surface area contributed by atoms with Gasteiger partial charge in [0, 0.05) is 42.2 Å². The Hall–Kier alpha value is -3.36. The van der Waals surface area contributed by atoms with Crippen LogP contribution in [-0.2, 0) is 19.1 Å². The van der Waals surface area contributed by atoms with Gasteiger partial charge in [0.15, 0.2) is 0 Å². The molecule has 1 aromatic carbocycles. The van der Waals surface area contributed by atoms with Gasteiger partial charge in [0.25, 0.3) is 5.69 Å². The lowest BCUT2D eigenvalue weighted by Crippen LogP contribution is -2.34. The van der Waals surface area contributed by atoms with Crippen LogP contribution in [0.15, 0.2) is 46.8 Å². The molecule has 1 aliphatic rings. The molecule has 0 spiro atoms. The zero-order valence-corrected chi connectivity index (χ0v) is 20.4. The van der Waals surface area contributed by atoms with E-state index < -0.39 is 22.8 Å². The van der Waals surface area contributed by atoms with E-state index in [4.69, 9.17) is 14.7 Å². The van der Waals surface area contributed by atoms with E-state index in [9.17, 15) is 19.7 Å². The number of benzene rings is 1. The maximum Gasteiger partial charge on any atom is 0.336 e. The molecule has 0 saturated carbocycles. The van der Waals surface area contributed by atoms with Crippen molar-refractivity contribution < 1.29 is 24.0 Å². The number of allylic oxidation sites excluding steroid dienone is 1. The van der Waals surface area contributed by atoms with E-state index in [2.05, 4.69) is 16.7 Å². The Morgan fingerprint density at radius 1 is 1.35 bits per heavy atom. The van der Waals surface area contributed by atoms with E-state index in [0.29, 0.717) is 35.7 Å². The van der Waals surface area contributed by atoms with Crippen LogP contribution < -0.4 is 10.6 Å². The van der Waals surface area contributed by atoms with Crippen molar-refractivity contribution in [1.29, 1.82) is 5.26 Å². The van der Waals surface area contributed by atoms with Gasteiger partial charge < -0.3 is 20.1 Å². The zero-order valence-electron chi connectivity index (χ0n) is 19.5. The normalized spacial score (nSPS) is 16.4. The van der Waals surface area contributed by atoms with E-state index in [-0.39, 0.29) is 28.8 Å². The van der Waals surface area contributed by atoms with Crippen molar-refractivity contribution in [3.63, 3.8) is 0 Å². The molecule has 10 nitrogen and oxygen atoms in total. The van der Waals surface area contributed by atoms with Gasteiger partial charge in [-0.05, 0) is 26.3 Å². The number of ether oxygens (including phenoxy) is 2. The Morgan fingerprint density at radius 2 is 2.09 bits per heavy atom. The molecule has 0 aliphatic carbocycles. The number of esters is 2. The zero-order chi connectivity index (χ0) is 25.3. The van der Waals surface area contributed by atoms with Gasteiger partial charge in [-0.2, -0.15) is 5.26 Å². The number of nitro groups is 1.